The van der Waals surface area contributed by atoms with Crippen molar-refractivity contribution in [3.8, 4) is 0 Å². The fourth-order valence-corrected chi connectivity index (χ4v) is 6.62. The molecule has 0 aliphatic carbocycles. The summed E-state index contributed by atoms with van der Waals surface area (Å²) >= 11 is 0. The van der Waals surface area contributed by atoms with Gasteiger partial charge in [-0.25, -0.2) is 4.79 Å². The molecule has 5 aromatic rings. The quantitative estimate of drug-likeness (QED) is 0.181. The molecule has 3 amide bonds. The van der Waals surface area contributed by atoms with Gasteiger partial charge in [-0.15, -0.1) is 0 Å². The Bertz CT molecular complexity index is 1760. The maximum atomic E-state index is 13.9. The van der Waals surface area contributed by atoms with E-state index in [9.17, 15) is 9.59 Å². The molecular formula is C37H41N5O2. The van der Waals surface area contributed by atoms with Gasteiger partial charge < -0.3 is 25.4 Å². The summed E-state index contributed by atoms with van der Waals surface area (Å²) in [5.74, 6) is -0.110. The number of carbonyl (C=O) groups is 2. The summed E-state index contributed by atoms with van der Waals surface area (Å²) in [6.45, 7) is 4.06. The zero-order chi connectivity index (χ0) is 30.6. The standard InChI is InChI=1S/C37H41N5O2/c1-25(33-23-38-34-17-7-6-15-32(33)34)35(36(43)39-29-13-8-10-26(22-29)24-41(2)3)40-37(44)42-20-18-28(19-21-42)31-16-9-12-27-11-4-5-14-30(27)31/h4-17,22-23,25,28,35,38H,18-21,24H2,1-3H3,(H,39,43)(H,40,44)/t25-,35-/m1/s1. The van der Waals surface area contributed by atoms with Gasteiger partial charge in [0, 0.05) is 48.3 Å². The molecule has 1 saturated heterocycles. The largest absolute Gasteiger partial charge is 0.361 e. The van der Waals surface area contributed by atoms with E-state index in [1.165, 1.54) is 16.3 Å². The minimum atomic E-state index is -0.769. The van der Waals surface area contributed by atoms with Gasteiger partial charge in [-0.05, 0) is 78.5 Å². The van der Waals surface area contributed by atoms with Crippen LogP contribution in [0.5, 0.6) is 0 Å². The van der Waals surface area contributed by atoms with Gasteiger partial charge in [-0.2, -0.15) is 0 Å². The van der Waals surface area contributed by atoms with Crippen LogP contribution in [-0.2, 0) is 11.3 Å². The zero-order valence-corrected chi connectivity index (χ0v) is 25.7. The molecule has 7 heteroatoms. The molecule has 0 unspecified atom stereocenters. The Morgan fingerprint density at radius 2 is 1.61 bits per heavy atom. The number of hydrogen-bond acceptors (Lipinski definition) is 3. The van der Waals surface area contributed by atoms with Gasteiger partial charge in [0.25, 0.3) is 0 Å². The maximum absolute atomic E-state index is 13.9. The molecule has 6 rings (SSSR count). The molecule has 1 aliphatic heterocycles. The number of hydrogen-bond donors (Lipinski definition) is 3. The van der Waals surface area contributed by atoms with Crippen LogP contribution in [0.1, 0.15) is 48.3 Å². The van der Waals surface area contributed by atoms with E-state index in [0.29, 0.717) is 19.0 Å². The number of urea groups is 1. The lowest BCUT2D eigenvalue weighted by molar-refractivity contribution is -0.118. The van der Waals surface area contributed by atoms with Crippen LogP contribution in [0.3, 0.4) is 0 Å². The van der Waals surface area contributed by atoms with Gasteiger partial charge in [0.15, 0.2) is 0 Å². The Morgan fingerprint density at radius 3 is 2.41 bits per heavy atom. The van der Waals surface area contributed by atoms with Crippen molar-refractivity contribution in [3.05, 3.63) is 114 Å². The molecule has 2 atom stereocenters. The highest BCUT2D eigenvalue weighted by atomic mass is 16.2. The molecule has 4 aromatic carbocycles. The number of benzene rings is 4. The van der Waals surface area contributed by atoms with Gasteiger partial charge in [-0.1, -0.05) is 79.7 Å². The summed E-state index contributed by atoms with van der Waals surface area (Å²) in [6.07, 6.45) is 3.72. The van der Waals surface area contributed by atoms with Crippen LogP contribution in [0.2, 0.25) is 0 Å². The van der Waals surface area contributed by atoms with Gasteiger partial charge in [-0.3, -0.25) is 4.79 Å². The monoisotopic (exact) mass is 587 g/mol. The van der Waals surface area contributed by atoms with Crippen LogP contribution < -0.4 is 10.6 Å². The van der Waals surface area contributed by atoms with Gasteiger partial charge in [0.1, 0.15) is 6.04 Å². The van der Waals surface area contributed by atoms with Crippen molar-refractivity contribution < 1.29 is 9.59 Å². The van der Waals surface area contributed by atoms with E-state index in [4.69, 9.17) is 0 Å². The molecule has 226 valence electrons. The normalized spacial score (nSPS) is 15.4. The SMILES string of the molecule is C[C@H](c1c[nH]c2ccccc12)[C@@H](NC(=O)N1CCC(c2cccc3ccccc23)CC1)C(=O)Nc1cccc(CN(C)C)c1. The van der Waals surface area contributed by atoms with E-state index in [0.717, 1.165) is 47.1 Å². The zero-order valence-electron chi connectivity index (χ0n) is 25.7. The van der Waals surface area contributed by atoms with Crippen molar-refractivity contribution in [1.82, 2.24) is 20.1 Å². The second-order valence-corrected chi connectivity index (χ2v) is 12.3. The van der Waals surface area contributed by atoms with Gasteiger partial charge in [0.05, 0.1) is 0 Å². The number of piperidine rings is 1. The van der Waals surface area contributed by atoms with E-state index in [-0.39, 0.29) is 17.9 Å². The molecular weight excluding hydrogens is 546 g/mol. The molecule has 3 N–H and O–H groups in total. The molecule has 2 heterocycles. The molecule has 44 heavy (non-hydrogen) atoms. The van der Waals surface area contributed by atoms with E-state index in [1.807, 2.05) is 74.6 Å². The maximum Gasteiger partial charge on any atom is 0.318 e. The summed E-state index contributed by atoms with van der Waals surface area (Å²) < 4.78 is 0. The minimum Gasteiger partial charge on any atom is -0.361 e. The summed E-state index contributed by atoms with van der Waals surface area (Å²) in [5.41, 5.74) is 5.18. The topological polar surface area (TPSA) is 80.5 Å². The number of anilines is 1. The molecule has 0 saturated carbocycles. The third-order valence-corrected chi connectivity index (χ3v) is 8.91. The predicted molar refractivity (Wildman–Crippen MR) is 179 cm³/mol. The van der Waals surface area contributed by atoms with Gasteiger partial charge in [0.2, 0.25) is 5.91 Å². The number of likely N-dealkylation sites (tertiary alicyclic amines) is 1. The number of fused-ring (bicyclic) bond motifs is 2. The van der Waals surface area contributed by atoms with Crippen LogP contribution in [0.15, 0.2) is 97.2 Å². The van der Waals surface area contributed by atoms with Crippen LogP contribution in [0.25, 0.3) is 21.7 Å². The lowest BCUT2D eigenvalue weighted by Gasteiger charge is -2.34. The minimum absolute atomic E-state index is 0.199. The summed E-state index contributed by atoms with van der Waals surface area (Å²) in [7, 11) is 4.04. The van der Waals surface area contributed by atoms with E-state index >= 15 is 0 Å². The van der Waals surface area contributed by atoms with Crippen molar-refractivity contribution in [2.75, 3.05) is 32.5 Å². The average molecular weight is 588 g/mol. The van der Waals surface area contributed by atoms with E-state index < -0.39 is 6.04 Å². The predicted octanol–water partition coefficient (Wildman–Crippen LogP) is 7.08. The molecule has 1 fully saturated rings. The van der Waals surface area contributed by atoms with Crippen LogP contribution in [0.4, 0.5) is 10.5 Å². The number of aromatic nitrogens is 1. The first-order valence-corrected chi connectivity index (χ1v) is 15.5. The summed E-state index contributed by atoms with van der Waals surface area (Å²) in [4.78, 5) is 35.0. The number of para-hydroxylation sites is 1. The average Bonchev–Trinajstić information content (AvgIpc) is 3.47. The van der Waals surface area contributed by atoms with Crippen molar-refractivity contribution in [3.63, 3.8) is 0 Å². The number of rotatable bonds is 8. The van der Waals surface area contributed by atoms with Gasteiger partial charge >= 0.3 is 6.03 Å². The Balaban J connectivity index is 1.20. The van der Waals surface area contributed by atoms with Crippen molar-refractivity contribution >= 4 is 39.3 Å². The van der Waals surface area contributed by atoms with Crippen molar-refractivity contribution in [2.24, 2.45) is 0 Å². The van der Waals surface area contributed by atoms with Crippen molar-refractivity contribution in [1.29, 1.82) is 0 Å². The first kappa shape index (κ1) is 29.5. The second kappa shape index (κ2) is 12.9. The Morgan fingerprint density at radius 1 is 0.909 bits per heavy atom. The third-order valence-electron chi connectivity index (χ3n) is 8.91. The molecule has 1 aromatic heterocycles. The summed E-state index contributed by atoms with van der Waals surface area (Å²) in [5, 5.41) is 9.83. The number of carbonyl (C=O) groups excluding carboxylic acids is 2. The number of nitrogens with zero attached hydrogens (tertiary/aromatic N) is 2. The fourth-order valence-electron chi connectivity index (χ4n) is 6.62. The van der Waals surface area contributed by atoms with Crippen LogP contribution in [0, 0.1) is 0 Å². The smallest absolute Gasteiger partial charge is 0.318 e. The Hall–Kier alpha value is -4.62. The van der Waals surface area contributed by atoms with E-state index in [1.54, 1.807) is 0 Å². The fraction of sp³-hybridized carbons (Fsp3) is 0.297. The van der Waals surface area contributed by atoms with E-state index in [2.05, 4.69) is 69.0 Å². The van der Waals surface area contributed by atoms with Crippen molar-refractivity contribution in [2.45, 2.75) is 44.2 Å². The second-order valence-electron chi connectivity index (χ2n) is 12.3. The Kier molecular flexibility index (Phi) is 8.66. The first-order valence-electron chi connectivity index (χ1n) is 15.5. The lowest BCUT2D eigenvalue weighted by Crippen LogP contribution is -2.53. The number of nitrogens with one attached hydrogen (secondary N) is 3. The lowest BCUT2D eigenvalue weighted by atomic mass is 9.86. The number of H-pyrrole nitrogens is 1. The molecule has 0 bridgehead atoms. The number of amides is 3. The highest BCUT2D eigenvalue weighted by Gasteiger charge is 2.33. The molecule has 1 aliphatic rings. The van der Waals surface area contributed by atoms with Crippen LogP contribution >= 0.6 is 0 Å². The highest BCUT2D eigenvalue weighted by Crippen LogP contribution is 2.34. The number of aromatic amines is 1. The first-order chi connectivity index (χ1) is 21.4. The van der Waals surface area contributed by atoms with Crippen LogP contribution in [-0.4, -0.2) is 59.9 Å². The Labute approximate surface area is 259 Å². The highest BCUT2D eigenvalue weighted by molar-refractivity contribution is 5.98. The summed E-state index contributed by atoms with van der Waals surface area (Å²) in [6, 6.07) is 30.0. The molecule has 7 nitrogen and oxygen atoms in total. The third kappa shape index (κ3) is 6.33. The molecule has 0 spiro atoms. The molecule has 0 radical (unpaired) electrons.